The Labute approximate surface area is 137 Å². The van der Waals surface area contributed by atoms with E-state index in [0.717, 1.165) is 16.2 Å². The van der Waals surface area contributed by atoms with Crippen LogP contribution >= 0.6 is 23.4 Å². The number of nitrogens with one attached hydrogen (secondary N) is 2. The molecule has 1 heterocycles. The number of imidazole rings is 1. The second-order valence-corrected chi connectivity index (χ2v) is 6.25. The fraction of sp³-hybridized carbons (Fsp3) is 0.125. The minimum atomic E-state index is -0.116. The number of fused-ring (bicyclic) bond motifs is 1. The summed E-state index contributed by atoms with van der Waals surface area (Å²) >= 11 is 7.38. The minimum absolute atomic E-state index is 0.116. The SMILES string of the molecule is Cc1ccc2nc(SCC(=O)Nc3ccccc3Cl)[nH]c2c1. The van der Waals surface area contributed by atoms with Gasteiger partial charge in [0.05, 0.1) is 27.5 Å². The van der Waals surface area contributed by atoms with E-state index in [4.69, 9.17) is 11.6 Å². The second-order valence-electron chi connectivity index (χ2n) is 4.88. The third-order valence-electron chi connectivity index (χ3n) is 3.10. The molecule has 0 saturated heterocycles. The Morgan fingerprint density at radius 1 is 1.32 bits per heavy atom. The van der Waals surface area contributed by atoms with Crippen LogP contribution in [0.25, 0.3) is 11.0 Å². The lowest BCUT2D eigenvalue weighted by Crippen LogP contribution is -2.14. The number of hydrogen-bond acceptors (Lipinski definition) is 3. The highest BCUT2D eigenvalue weighted by atomic mass is 35.5. The Balaban J connectivity index is 1.63. The van der Waals surface area contributed by atoms with E-state index in [9.17, 15) is 4.79 Å². The van der Waals surface area contributed by atoms with Gasteiger partial charge in [-0.25, -0.2) is 4.98 Å². The number of H-pyrrole nitrogens is 1. The number of aromatic amines is 1. The number of benzene rings is 2. The van der Waals surface area contributed by atoms with Crippen molar-refractivity contribution in [1.29, 1.82) is 0 Å². The summed E-state index contributed by atoms with van der Waals surface area (Å²) in [4.78, 5) is 19.6. The Morgan fingerprint density at radius 2 is 2.14 bits per heavy atom. The highest BCUT2D eigenvalue weighted by Gasteiger charge is 2.09. The largest absolute Gasteiger partial charge is 0.333 e. The summed E-state index contributed by atoms with van der Waals surface area (Å²) in [5, 5.41) is 4.05. The van der Waals surface area contributed by atoms with Crippen LogP contribution in [0.15, 0.2) is 47.6 Å². The van der Waals surface area contributed by atoms with Crippen LogP contribution in [0.4, 0.5) is 5.69 Å². The molecule has 4 nitrogen and oxygen atoms in total. The van der Waals surface area contributed by atoms with Gasteiger partial charge in [0.25, 0.3) is 0 Å². The molecule has 0 fully saturated rings. The van der Waals surface area contributed by atoms with Gasteiger partial charge in [-0.3, -0.25) is 4.79 Å². The maximum Gasteiger partial charge on any atom is 0.234 e. The van der Waals surface area contributed by atoms with E-state index in [1.165, 1.54) is 17.3 Å². The molecule has 1 amide bonds. The highest BCUT2D eigenvalue weighted by molar-refractivity contribution is 7.99. The van der Waals surface area contributed by atoms with E-state index in [2.05, 4.69) is 15.3 Å². The summed E-state index contributed by atoms with van der Waals surface area (Å²) in [6.45, 7) is 2.03. The number of hydrogen-bond donors (Lipinski definition) is 2. The van der Waals surface area contributed by atoms with Crippen molar-refractivity contribution >= 4 is 46.0 Å². The number of rotatable bonds is 4. The predicted octanol–water partition coefficient (Wildman–Crippen LogP) is 4.26. The molecule has 2 N–H and O–H groups in total. The van der Waals surface area contributed by atoms with Crippen LogP contribution in [0.2, 0.25) is 5.02 Å². The van der Waals surface area contributed by atoms with Crippen molar-refractivity contribution in [3.8, 4) is 0 Å². The van der Waals surface area contributed by atoms with Crippen molar-refractivity contribution in [3.63, 3.8) is 0 Å². The number of nitrogens with zero attached hydrogens (tertiary/aromatic N) is 1. The molecule has 1 aromatic heterocycles. The first-order chi connectivity index (χ1) is 10.6. The number of carbonyl (C=O) groups excluding carboxylic acids is 1. The monoisotopic (exact) mass is 331 g/mol. The first-order valence-corrected chi connectivity index (χ1v) is 8.12. The van der Waals surface area contributed by atoms with Gasteiger partial charge in [-0.2, -0.15) is 0 Å². The zero-order valence-corrected chi connectivity index (χ0v) is 13.5. The van der Waals surface area contributed by atoms with Crippen molar-refractivity contribution in [2.45, 2.75) is 12.1 Å². The summed E-state index contributed by atoms with van der Waals surface area (Å²) in [6.07, 6.45) is 0. The first-order valence-electron chi connectivity index (χ1n) is 6.75. The van der Waals surface area contributed by atoms with Gasteiger partial charge >= 0.3 is 0 Å². The molecule has 6 heteroatoms. The van der Waals surface area contributed by atoms with Crippen LogP contribution in [0.5, 0.6) is 0 Å². The van der Waals surface area contributed by atoms with Crippen LogP contribution in [-0.2, 0) is 4.79 Å². The molecule has 22 heavy (non-hydrogen) atoms. The lowest BCUT2D eigenvalue weighted by Gasteiger charge is -2.05. The number of aromatic nitrogens is 2. The maximum atomic E-state index is 12.0. The average Bonchev–Trinajstić information content (AvgIpc) is 2.89. The van der Waals surface area contributed by atoms with Gasteiger partial charge in [-0.15, -0.1) is 0 Å². The summed E-state index contributed by atoms with van der Waals surface area (Å²) in [5.74, 6) is 0.152. The van der Waals surface area contributed by atoms with Gasteiger partial charge in [0.1, 0.15) is 0 Å². The Hall–Kier alpha value is -1.98. The third-order valence-corrected chi connectivity index (χ3v) is 4.31. The van der Waals surface area contributed by atoms with Crippen molar-refractivity contribution in [2.75, 3.05) is 11.1 Å². The number of anilines is 1. The molecule has 0 saturated carbocycles. The van der Waals surface area contributed by atoms with Gasteiger partial charge < -0.3 is 10.3 Å². The molecule has 0 unspecified atom stereocenters. The number of amides is 1. The van der Waals surface area contributed by atoms with Crippen molar-refractivity contribution in [1.82, 2.24) is 9.97 Å². The van der Waals surface area contributed by atoms with Gasteiger partial charge in [-0.05, 0) is 36.8 Å². The number of halogens is 1. The van der Waals surface area contributed by atoms with Crippen LogP contribution < -0.4 is 5.32 Å². The molecule has 0 aliphatic heterocycles. The van der Waals surface area contributed by atoms with Gasteiger partial charge in [0.2, 0.25) is 5.91 Å². The van der Waals surface area contributed by atoms with Crippen LogP contribution in [-0.4, -0.2) is 21.6 Å². The molecule has 112 valence electrons. The number of aryl methyl sites for hydroxylation is 1. The van der Waals surface area contributed by atoms with E-state index in [-0.39, 0.29) is 11.7 Å². The van der Waals surface area contributed by atoms with E-state index in [1.807, 2.05) is 37.3 Å². The summed E-state index contributed by atoms with van der Waals surface area (Å²) in [7, 11) is 0. The van der Waals surface area contributed by atoms with Crippen molar-refractivity contribution < 1.29 is 4.79 Å². The predicted molar refractivity (Wildman–Crippen MR) is 91.6 cm³/mol. The van der Waals surface area contributed by atoms with E-state index in [0.29, 0.717) is 10.7 Å². The molecule has 3 aromatic rings. The lowest BCUT2D eigenvalue weighted by atomic mass is 10.2. The number of para-hydroxylation sites is 1. The molecule has 0 aliphatic rings. The molecule has 0 atom stereocenters. The smallest absolute Gasteiger partial charge is 0.234 e. The van der Waals surface area contributed by atoms with E-state index >= 15 is 0 Å². The van der Waals surface area contributed by atoms with E-state index < -0.39 is 0 Å². The average molecular weight is 332 g/mol. The van der Waals surface area contributed by atoms with E-state index in [1.54, 1.807) is 12.1 Å². The van der Waals surface area contributed by atoms with Gasteiger partial charge in [0.15, 0.2) is 5.16 Å². The molecule has 0 spiro atoms. The van der Waals surface area contributed by atoms with Gasteiger partial charge in [-0.1, -0.05) is 41.6 Å². The number of thioether (sulfide) groups is 1. The highest BCUT2D eigenvalue weighted by Crippen LogP contribution is 2.23. The first kappa shape index (κ1) is 14.9. The van der Waals surface area contributed by atoms with Crippen LogP contribution in [0, 0.1) is 6.92 Å². The number of carbonyl (C=O) groups is 1. The quantitative estimate of drug-likeness (QED) is 0.702. The van der Waals surface area contributed by atoms with Gasteiger partial charge in [0, 0.05) is 0 Å². The third kappa shape index (κ3) is 3.43. The fourth-order valence-corrected chi connectivity index (χ4v) is 2.92. The topological polar surface area (TPSA) is 57.8 Å². The van der Waals surface area contributed by atoms with Crippen molar-refractivity contribution in [2.24, 2.45) is 0 Å². The normalized spacial score (nSPS) is 10.8. The zero-order chi connectivity index (χ0) is 15.5. The minimum Gasteiger partial charge on any atom is -0.333 e. The summed E-state index contributed by atoms with van der Waals surface area (Å²) in [6, 6.07) is 13.2. The fourth-order valence-electron chi connectivity index (χ4n) is 2.05. The molecule has 2 aromatic carbocycles. The van der Waals surface area contributed by atoms with Crippen LogP contribution in [0.3, 0.4) is 0 Å². The molecular weight excluding hydrogens is 318 g/mol. The lowest BCUT2D eigenvalue weighted by molar-refractivity contribution is -0.113. The second kappa shape index (κ2) is 6.42. The Morgan fingerprint density at radius 3 is 2.95 bits per heavy atom. The summed E-state index contributed by atoms with van der Waals surface area (Å²) < 4.78 is 0. The Kier molecular flexibility index (Phi) is 4.36. The molecular formula is C16H14ClN3OS. The Bertz CT molecular complexity index is 831. The molecule has 0 radical (unpaired) electrons. The van der Waals surface area contributed by atoms with Crippen molar-refractivity contribution in [3.05, 3.63) is 53.1 Å². The summed E-state index contributed by atoms with van der Waals surface area (Å²) in [5.41, 5.74) is 3.67. The maximum absolute atomic E-state index is 12.0. The van der Waals surface area contributed by atoms with Crippen LogP contribution in [0.1, 0.15) is 5.56 Å². The molecule has 0 bridgehead atoms. The molecule has 0 aliphatic carbocycles. The molecule has 3 rings (SSSR count). The standard InChI is InChI=1S/C16H14ClN3OS/c1-10-6-7-13-14(8-10)20-16(19-13)22-9-15(21)18-12-5-3-2-4-11(12)17/h2-8H,9H2,1H3,(H,18,21)(H,19,20). The zero-order valence-electron chi connectivity index (χ0n) is 11.9.